The van der Waals surface area contributed by atoms with E-state index in [9.17, 15) is 14.7 Å². The molecule has 3 N–H and O–H groups in total. The van der Waals surface area contributed by atoms with Crippen molar-refractivity contribution in [3.8, 4) is 0 Å². The predicted molar refractivity (Wildman–Crippen MR) is 97.1 cm³/mol. The van der Waals surface area contributed by atoms with Crippen LogP contribution in [0.3, 0.4) is 0 Å². The van der Waals surface area contributed by atoms with E-state index in [2.05, 4.69) is 17.6 Å². The van der Waals surface area contributed by atoms with Crippen molar-refractivity contribution in [3.63, 3.8) is 0 Å². The van der Waals surface area contributed by atoms with Crippen LogP contribution in [0.1, 0.15) is 46.1 Å². The minimum Gasteiger partial charge on any atom is -0.481 e. The Morgan fingerprint density at radius 3 is 2.42 bits per heavy atom. The highest BCUT2D eigenvalue weighted by atomic mass is 16.4. The second-order valence-corrected chi connectivity index (χ2v) is 6.74. The van der Waals surface area contributed by atoms with Crippen LogP contribution in [0.5, 0.6) is 0 Å². The van der Waals surface area contributed by atoms with Gasteiger partial charge in [-0.25, -0.2) is 0 Å². The summed E-state index contributed by atoms with van der Waals surface area (Å²) in [5, 5.41) is 15.4. The Labute approximate surface area is 144 Å². The fourth-order valence-electron chi connectivity index (χ4n) is 2.69. The van der Waals surface area contributed by atoms with Gasteiger partial charge in [0.2, 0.25) is 5.91 Å². The maximum atomic E-state index is 12.2. The standard InChI is InChI=1S/C19H30N2O3/c1-5-15-8-6-7-9-17(15)21-18(22)11-14(4)20-12-16(19(23)24)10-13(2)3/h6-9,13-14,16,20H,5,10-12H2,1-4H3,(H,21,22)(H,23,24). The number of amides is 1. The monoisotopic (exact) mass is 334 g/mol. The third kappa shape index (κ3) is 7.13. The average molecular weight is 334 g/mol. The number of carboxylic acids is 1. The predicted octanol–water partition coefficient (Wildman–Crippen LogP) is 3.30. The summed E-state index contributed by atoms with van der Waals surface area (Å²) in [7, 11) is 0. The zero-order valence-corrected chi connectivity index (χ0v) is 15.1. The van der Waals surface area contributed by atoms with Crippen molar-refractivity contribution < 1.29 is 14.7 Å². The molecule has 0 aliphatic heterocycles. The molecule has 24 heavy (non-hydrogen) atoms. The minimum absolute atomic E-state index is 0.0633. The van der Waals surface area contributed by atoms with Crippen LogP contribution in [0.15, 0.2) is 24.3 Å². The molecule has 0 aromatic heterocycles. The fraction of sp³-hybridized carbons (Fsp3) is 0.579. The van der Waals surface area contributed by atoms with E-state index in [0.29, 0.717) is 25.3 Å². The average Bonchev–Trinajstić information content (AvgIpc) is 2.51. The SMILES string of the molecule is CCc1ccccc1NC(=O)CC(C)NCC(CC(C)C)C(=O)O. The smallest absolute Gasteiger partial charge is 0.307 e. The Morgan fingerprint density at radius 2 is 1.83 bits per heavy atom. The molecule has 0 spiro atoms. The van der Waals surface area contributed by atoms with Gasteiger partial charge < -0.3 is 15.7 Å². The number of para-hydroxylation sites is 1. The third-order valence-corrected chi connectivity index (χ3v) is 3.98. The number of carbonyl (C=O) groups excluding carboxylic acids is 1. The number of carbonyl (C=O) groups is 2. The highest BCUT2D eigenvalue weighted by Gasteiger charge is 2.20. The first-order valence-corrected chi connectivity index (χ1v) is 8.67. The lowest BCUT2D eigenvalue weighted by molar-refractivity contribution is -0.142. The Bertz CT molecular complexity index is 543. The Balaban J connectivity index is 2.47. The van der Waals surface area contributed by atoms with Crippen LogP contribution in [0, 0.1) is 11.8 Å². The van der Waals surface area contributed by atoms with Crippen molar-refractivity contribution in [2.75, 3.05) is 11.9 Å². The van der Waals surface area contributed by atoms with E-state index in [1.54, 1.807) is 0 Å². The first-order chi connectivity index (χ1) is 11.3. The van der Waals surface area contributed by atoms with Crippen LogP contribution in [0.25, 0.3) is 0 Å². The minimum atomic E-state index is -0.787. The number of hydrogen-bond acceptors (Lipinski definition) is 3. The first-order valence-electron chi connectivity index (χ1n) is 8.67. The normalized spacial score (nSPS) is 13.5. The van der Waals surface area contributed by atoms with Crippen LogP contribution < -0.4 is 10.6 Å². The molecule has 1 rings (SSSR count). The number of carboxylic acid groups (broad SMARTS) is 1. The van der Waals surface area contributed by atoms with E-state index in [0.717, 1.165) is 17.7 Å². The van der Waals surface area contributed by atoms with Gasteiger partial charge in [-0.2, -0.15) is 0 Å². The Kier molecular flexibility index (Phi) is 8.47. The molecule has 1 aromatic carbocycles. The van der Waals surface area contributed by atoms with Crippen LogP contribution in [-0.2, 0) is 16.0 Å². The van der Waals surface area contributed by atoms with Gasteiger partial charge in [0.05, 0.1) is 5.92 Å². The van der Waals surface area contributed by atoms with Crippen molar-refractivity contribution in [2.45, 2.75) is 53.0 Å². The maximum Gasteiger partial charge on any atom is 0.307 e. The molecule has 134 valence electrons. The molecule has 5 nitrogen and oxygen atoms in total. The quantitative estimate of drug-likeness (QED) is 0.613. The zero-order valence-electron chi connectivity index (χ0n) is 15.1. The van der Waals surface area contributed by atoms with E-state index in [-0.39, 0.29) is 11.9 Å². The lowest BCUT2D eigenvalue weighted by atomic mass is 9.97. The molecule has 0 saturated carbocycles. The summed E-state index contributed by atoms with van der Waals surface area (Å²) in [6, 6.07) is 7.69. The van der Waals surface area contributed by atoms with Gasteiger partial charge in [0.25, 0.3) is 0 Å². The van der Waals surface area contributed by atoms with Crippen molar-refractivity contribution in [3.05, 3.63) is 29.8 Å². The molecule has 0 bridgehead atoms. The summed E-state index contributed by atoms with van der Waals surface area (Å²) in [4.78, 5) is 23.4. The van der Waals surface area contributed by atoms with Gasteiger partial charge in [-0.1, -0.05) is 39.0 Å². The molecule has 0 aliphatic carbocycles. The highest BCUT2D eigenvalue weighted by Crippen LogP contribution is 2.16. The maximum absolute atomic E-state index is 12.2. The van der Waals surface area contributed by atoms with Crippen molar-refractivity contribution >= 4 is 17.6 Å². The molecule has 0 radical (unpaired) electrons. The third-order valence-electron chi connectivity index (χ3n) is 3.98. The molecule has 1 amide bonds. The van der Waals surface area contributed by atoms with Gasteiger partial charge in [-0.05, 0) is 37.3 Å². The van der Waals surface area contributed by atoms with Crippen molar-refractivity contribution in [1.29, 1.82) is 0 Å². The summed E-state index contributed by atoms with van der Waals surface area (Å²) in [5.41, 5.74) is 1.95. The van der Waals surface area contributed by atoms with Gasteiger partial charge in [-0.3, -0.25) is 9.59 Å². The second kappa shape index (κ2) is 10.1. The van der Waals surface area contributed by atoms with Crippen LogP contribution in [0.2, 0.25) is 0 Å². The lowest BCUT2D eigenvalue weighted by Gasteiger charge is -2.19. The van der Waals surface area contributed by atoms with Crippen LogP contribution in [-0.4, -0.2) is 29.6 Å². The lowest BCUT2D eigenvalue weighted by Crippen LogP contribution is -2.37. The summed E-state index contributed by atoms with van der Waals surface area (Å²) in [6.07, 6.45) is 1.80. The fourth-order valence-corrected chi connectivity index (χ4v) is 2.69. The van der Waals surface area contributed by atoms with Crippen molar-refractivity contribution in [2.24, 2.45) is 11.8 Å². The topological polar surface area (TPSA) is 78.4 Å². The Morgan fingerprint density at radius 1 is 1.17 bits per heavy atom. The van der Waals surface area contributed by atoms with E-state index in [1.807, 2.05) is 45.0 Å². The molecule has 0 saturated heterocycles. The molecule has 0 heterocycles. The Hall–Kier alpha value is -1.88. The summed E-state index contributed by atoms with van der Waals surface area (Å²) >= 11 is 0. The molecule has 1 aromatic rings. The van der Waals surface area contributed by atoms with Gasteiger partial charge in [-0.15, -0.1) is 0 Å². The molecule has 2 atom stereocenters. The first kappa shape index (κ1) is 20.2. The largest absolute Gasteiger partial charge is 0.481 e. The molecule has 0 aliphatic rings. The number of aryl methyl sites for hydroxylation is 1. The van der Waals surface area contributed by atoms with Gasteiger partial charge in [0, 0.05) is 24.7 Å². The number of nitrogens with one attached hydrogen (secondary N) is 2. The van der Waals surface area contributed by atoms with E-state index < -0.39 is 11.9 Å². The molecule has 2 unspecified atom stereocenters. The van der Waals surface area contributed by atoms with Crippen LogP contribution in [0.4, 0.5) is 5.69 Å². The van der Waals surface area contributed by atoms with Gasteiger partial charge >= 0.3 is 5.97 Å². The summed E-state index contributed by atoms with van der Waals surface area (Å²) < 4.78 is 0. The zero-order chi connectivity index (χ0) is 18.1. The summed E-state index contributed by atoms with van der Waals surface area (Å²) in [6.45, 7) is 8.36. The number of anilines is 1. The highest BCUT2D eigenvalue weighted by molar-refractivity contribution is 5.91. The van der Waals surface area contributed by atoms with E-state index in [4.69, 9.17) is 0 Å². The van der Waals surface area contributed by atoms with Crippen LogP contribution >= 0.6 is 0 Å². The van der Waals surface area contributed by atoms with E-state index in [1.165, 1.54) is 0 Å². The number of benzene rings is 1. The summed E-state index contributed by atoms with van der Waals surface area (Å²) in [5.74, 6) is -0.940. The number of hydrogen-bond donors (Lipinski definition) is 3. The number of rotatable bonds is 10. The molecular formula is C19H30N2O3. The molecule has 0 fully saturated rings. The van der Waals surface area contributed by atoms with Gasteiger partial charge in [0.1, 0.15) is 0 Å². The molecular weight excluding hydrogens is 304 g/mol. The number of aliphatic carboxylic acids is 1. The van der Waals surface area contributed by atoms with Crippen molar-refractivity contribution in [1.82, 2.24) is 5.32 Å². The molecule has 5 heteroatoms. The second-order valence-electron chi connectivity index (χ2n) is 6.74. The van der Waals surface area contributed by atoms with E-state index >= 15 is 0 Å². The van der Waals surface area contributed by atoms with Gasteiger partial charge in [0.15, 0.2) is 0 Å².